The van der Waals surface area contributed by atoms with E-state index in [1.54, 1.807) is 0 Å². The summed E-state index contributed by atoms with van der Waals surface area (Å²) < 4.78 is 32.9. The van der Waals surface area contributed by atoms with E-state index in [9.17, 15) is 12.8 Å². The summed E-state index contributed by atoms with van der Waals surface area (Å²) in [5.74, 6) is 0.00389. The zero-order valence-corrected chi connectivity index (χ0v) is 7.33. The predicted molar refractivity (Wildman–Crippen MR) is 39.5 cm³/mol. The molecule has 0 aliphatic heterocycles. The molecule has 0 aromatic heterocycles. The minimum Gasteiger partial charge on any atom is -0.249 e. The number of hydrogen-bond donors (Lipinski definition) is 0. The van der Waals surface area contributed by atoms with Crippen LogP contribution in [0.5, 0.6) is 0 Å². The minimum absolute atomic E-state index is 0.00389. The molecule has 0 aliphatic carbocycles. The fourth-order valence-electron chi connectivity index (χ4n) is 0.474. The van der Waals surface area contributed by atoms with Gasteiger partial charge < -0.3 is 0 Å². The van der Waals surface area contributed by atoms with Crippen LogP contribution in [0.1, 0.15) is 20.8 Å². The maximum Gasteiger partial charge on any atom is 0.157 e. The summed E-state index contributed by atoms with van der Waals surface area (Å²) in [6.07, 6.45) is 0. The smallest absolute Gasteiger partial charge is 0.157 e. The van der Waals surface area contributed by atoms with Gasteiger partial charge in [0.1, 0.15) is 6.67 Å². The Labute approximate surface area is 61.4 Å². The Morgan fingerprint density at radius 3 is 1.90 bits per heavy atom. The van der Waals surface area contributed by atoms with Gasteiger partial charge in [-0.05, 0) is 13.8 Å². The molecular formula is C6H13FO2S. The van der Waals surface area contributed by atoms with Crippen molar-refractivity contribution in [3.05, 3.63) is 0 Å². The molecule has 2 nitrogen and oxygen atoms in total. The quantitative estimate of drug-likeness (QED) is 0.634. The van der Waals surface area contributed by atoms with Crippen molar-refractivity contribution in [2.75, 3.05) is 12.4 Å². The average molecular weight is 168 g/mol. The maximum absolute atomic E-state index is 12.1. The largest absolute Gasteiger partial charge is 0.249 e. The van der Waals surface area contributed by atoms with Crippen LogP contribution in [0.3, 0.4) is 0 Å². The highest BCUT2D eigenvalue weighted by atomic mass is 32.2. The Balaban J connectivity index is 4.64. The van der Waals surface area contributed by atoms with Crippen LogP contribution in [0.25, 0.3) is 0 Å². The van der Waals surface area contributed by atoms with E-state index in [2.05, 4.69) is 0 Å². The summed E-state index contributed by atoms with van der Waals surface area (Å²) in [5.41, 5.74) is 0. The van der Waals surface area contributed by atoms with Crippen molar-refractivity contribution in [1.82, 2.24) is 0 Å². The molecule has 0 radical (unpaired) electrons. The molecule has 0 fully saturated rings. The van der Waals surface area contributed by atoms with E-state index < -0.39 is 21.3 Å². The minimum atomic E-state index is -3.22. The van der Waals surface area contributed by atoms with Gasteiger partial charge in [0.05, 0.1) is 4.75 Å². The van der Waals surface area contributed by atoms with Gasteiger partial charge in [-0.15, -0.1) is 0 Å². The lowest BCUT2D eigenvalue weighted by molar-refractivity contribution is 0.410. The number of hydrogen-bond acceptors (Lipinski definition) is 2. The van der Waals surface area contributed by atoms with E-state index in [0.717, 1.165) is 0 Å². The van der Waals surface area contributed by atoms with Gasteiger partial charge in [0, 0.05) is 5.75 Å². The van der Waals surface area contributed by atoms with Gasteiger partial charge in [-0.3, -0.25) is 0 Å². The summed E-state index contributed by atoms with van der Waals surface area (Å²) in [5, 5.41) is 0. The first-order valence-electron chi connectivity index (χ1n) is 3.15. The number of sulfone groups is 1. The van der Waals surface area contributed by atoms with Crippen LogP contribution in [0.15, 0.2) is 0 Å². The van der Waals surface area contributed by atoms with Crippen molar-refractivity contribution >= 4 is 9.84 Å². The molecule has 0 saturated carbocycles. The molecule has 0 aliphatic rings. The summed E-state index contributed by atoms with van der Waals surface area (Å²) >= 11 is 0. The summed E-state index contributed by atoms with van der Waals surface area (Å²) in [4.78, 5) is 0. The average Bonchev–Trinajstić information content (AvgIpc) is 1.88. The normalized spacial score (nSPS) is 13.6. The van der Waals surface area contributed by atoms with E-state index in [-0.39, 0.29) is 5.75 Å². The van der Waals surface area contributed by atoms with Crippen LogP contribution in [0.4, 0.5) is 4.39 Å². The third-order valence-electron chi connectivity index (χ3n) is 1.54. The summed E-state index contributed by atoms with van der Waals surface area (Å²) in [7, 11) is -3.22. The predicted octanol–water partition coefficient (Wildman–Crippen LogP) is 1.17. The van der Waals surface area contributed by atoms with Gasteiger partial charge in [-0.1, -0.05) is 6.92 Å². The third kappa shape index (κ3) is 1.68. The Hall–Kier alpha value is -0.120. The molecule has 0 rings (SSSR count). The van der Waals surface area contributed by atoms with Gasteiger partial charge in [0.15, 0.2) is 9.84 Å². The van der Waals surface area contributed by atoms with Crippen molar-refractivity contribution in [3.8, 4) is 0 Å². The molecule has 0 atom stereocenters. The lowest BCUT2D eigenvalue weighted by Gasteiger charge is -2.19. The van der Waals surface area contributed by atoms with Gasteiger partial charge in [0.2, 0.25) is 0 Å². The molecule has 0 aromatic rings. The Morgan fingerprint density at radius 1 is 1.40 bits per heavy atom. The standard InChI is InChI=1S/C6H13FO2S/c1-4-10(8,9)6(2,3)5-7/h4-5H2,1-3H3. The maximum atomic E-state index is 12.1. The first-order chi connectivity index (χ1) is 4.37. The summed E-state index contributed by atoms with van der Waals surface area (Å²) in [6.45, 7) is 3.49. The second-order valence-electron chi connectivity index (χ2n) is 2.80. The Morgan fingerprint density at radius 2 is 1.80 bits per heavy atom. The van der Waals surface area contributed by atoms with Gasteiger partial charge in [-0.2, -0.15) is 0 Å². The highest BCUT2D eigenvalue weighted by molar-refractivity contribution is 7.92. The van der Waals surface area contributed by atoms with E-state index in [1.807, 2.05) is 0 Å². The van der Waals surface area contributed by atoms with Crippen LogP contribution < -0.4 is 0 Å². The zero-order chi connectivity index (χ0) is 8.41. The number of alkyl halides is 1. The molecule has 0 saturated heterocycles. The van der Waals surface area contributed by atoms with Gasteiger partial charge in [0.25, 0.3) is 0 Å². The first kappa shape index (κ1) is 9.88. The molecule has 10 heavy (non-hydrogen) atoms. The van der Waals surface area contributed by atoms with Crippen LogP contribution in [-0.4, -0.2) is 25.6 Å². The third-order valence-corrected chi connectivity index (χ3v) is 4.10. The first-order valence-corrected chi connectivity index (χ1v) is 4.81. The van der Waals surface area contributed by atoms with Crippen molar-refractivity contribution in [1.29, 1.82) is 0 Å². The highest BCUT2D eigenvalue weighted by Crippen LogP contribution is 2.17. The molecule has 0 N–H and O–H groups in total. The second-order valence-corrected chi connectivity index (χ2v) is 5.71. The van der Waals surface area contributed by atoms with Crippen molar-refractivity contribution in [2.45, 2.75) is 25.5 Å². The zero-order valence-electron chi connectivity index (χ0n) is 6.52. The fraction of sp³-hybridized carbons (Fsp3) is 1.00. The molecule has 0 amide bonds. The summed E-state index contributed by atoms with van der Waals surface area (Å²) in [6, 6.07) is 0. The Bertz CT molecular complexity index is 194. The van der Waals surface area contributed by atoms with Crippen LogP contribution in [-0.2, 0) is 9.84 Å². The van der Waals surface area contributed by atoms with Gasteiger partial charge >= 0.3 is 0 Å². The fourth-order valence-corrected chi connectivity index (χ4v) is 1.42. The van der Waals surface area contributed by atoms with Crippen LogP contribution >= 0.6 is 0 Å². The molecule has 0 spiro atoms. The SMILES string of the molecule is CCS(=O)(=O)C(C)(C)CF. The van der Waals surface area contributed by atoms with E-state index in [0.29, 0.717) is 0 Å². The number of halogens is 1. The molecule has 0 bridgehead atoms. The molecule has 0 heterocycles. The number of rotatable bonds is 3. The molecule has 0 aromatic carbocycles. The lowest BCUT2D eigenvalue weighted by atomic mass is 10.2. The van der Waals surface area contributed by atoms with Crippen molar-refractivity contribution < 1.29 is 12.8 Å². The molecule has 4 heteroatoms. The van der Waals surface area contributed by atoms with E-state index in [1.165, 1.54) is 20.8 Å². The van der Waals surface area contributed by atoms with E-state index in [4.69, 9.17) is 0 Å². The van der Waals surface area contributed by atoms with Crippen LogP contribution in [0, 0.1) is 0 Å². The highest BCUT2D eigenvalue weighted by Gasteiger charge is 2.32. The van der Waals surface area contributed by atoms with Crippen molar-refractivity contribution in [2.24, 2.45) is 0 Å². The lowest BCUT2D eigenvalue weighted by Crippen LogP contribution is -2.35. The van der Waals surface area contributed by atoms with Gasteiger partial charge in [-0.25, -0.2) is 12.8 Å². The topological polar surface area (TPSA) is 34.1 Å². The molecule has 0 unspecified atom stereocenters. The second kappa shape index (κ2) is 2.86. The molecular weight excluding hydrogens is 155 g/mol. The van der Waals surface area contributed by atoms with Crippen molar-refractivity contribution in [3.63, 3.8) is 0 Å². The monoisotopic (exact) mass is 168 g/mol. The van der Waals surface area contributed by atoms with E-state index >= 15 is 0 Å². The molecule has 62 valence electrons. The van der Waals surface area contributed by atoms with Crippen LogP contribution in [0.2, 0.25) is 0 Å². The Kier molecular flexibility index (Phi) is 2.83.